The van der Waals surface area contributed by atoms with Gasteiger partial charge in [0.25, 0.3) is 0 Å². The molecule has 1 nitrogen and oxygen atoms in total. The molecule has 1 aliphatic carbocycles. The molecule has 0 aromatic rings. The summed E-state index contributed by atoms with van der Waals surface area (Å²) in [5.41, 5.74) is 0. The fourth-order valence-corrected chi connectivity index (χ4v) is 2.49. The molecule has 54 valence electrons. The summed E-state index contributed by atoms with van der Waals surface area (Å²) >= 11 is 0. The zero-order chi connectivity index (χ0) is 6.69. The highest BCUT2D eigenvalue weighted by molar-refractivity contribution is 8.14. The van der Waals surface area contributed by atoms with Crippen LogP contribution < -0.4 is 0 Å². The van der Waals surface area contributed by atoms with Gasteiger partial charge in [0.1, 0.15) is 5.25 Å². The number of hydrogen-bond donors (Lipinski definition) is 0. The third-order valence-corrected chi connectivity index (χ3v) is 3.57. The summed E-state index contributed by atoms with van der Waals surface area (Å²) < 4.78 is 10.7. The first-order valence-corrected chi connectivity index (χ1v) is 5.41. The maximum Gasteiger partial charge on any atom is 0.174 e. The van der Waals surface area contributed by atoms with Crippen molar-refractivity contribution in [1.29, 1.82) is 0 Å². The topological polar surface area (TPSA) is 23.1 Å². The van der Waals surface area contributed by atoms with Crippen molar-refractivity contribution in [2.75, 3.05) is 0 Å². The van der Waals surface area contributed by atoms with Gasteiger partial charge in [0.2, 0.25) is 0 Å². The molecule has 1 rings (SSSR count). The van der Waals surface area contributed by atoms with E-state index in [1.807, 2.05) is 0 Å². The highest BCUT2D eigenvalue weighted by Crippen LogP contribution is 2.25. The van der Waals surface area contributed by atoms with E-state index in [0.29, 0.717) is 5.25 Å². The van der Waals surface area contributed by atoms with Crippen LogP contribution in [0.15, 0.2) is 0 Å². The normalized spacial score (nSPS) is 26.0. The van der Waals surface area contributed by atoms with Crippen LogP contribution in [0, 0.1) is 0 Å². The van der Waals surface area contributed by atoms with Crippen LogP contribution in [0.2, 0.25) is 0 Å². The van der Waals surface area contributed by atoms with E-state index in [-0.39, 0.29) is 0 Å². The average molecular weight is 167 g/mol. The molecule has 0 bridgehead atoms. The van der Waals surface area contributed by atoms with Crippen molar-refractivity contribution in [2.45, 2.75) is 37.4 Å². The first kappa shape index (κ1) is 7.70. The Morgan fingerprint density at radius 3 is 2.11 bits per heavy atom. The fourth-order valence-electron chi connectivity index (χ4n) is 1.25. The zero-order valence-electron chi connectivity index (χ0n) is 5.31. The molecule has 0 saturated heterocycles. The molecule has 3 heteroatoms. The molecule has 1 unspecified atom stereocenters. The molecule has 1 aliphatic rings. The van der Waals surface area contributed by atoms with E-state index in [4.69, 9.17) is 10.7 Å². The van der Waals surface area contributed by atoms with Crippen LogP contribution >= 0.6 is 10.7 Å². The van der Waals surface area contributed by atoms with Crippen LogP contribution in [-0.2, 0) is 10.4 Å². The van der Waals surface area contributed by atoms with Crippen molar-refractivity contribution in [1.82, 2.24) is 0 Å². The predicted molar refractivity (Wildman–Crippen MR) is 40.9 cm³/mol. The molecule has 0 aromatic heterocycles. The third-order valence-electron chi connectivity index (χ3n) is 1.81. The molecule has 0 amide bonds. The van der Waals surface area contributed by atoms with Gasteiger partial charge in [0.05, 0.1) is 10.4 Å². The van der Waals surface area contributed by atoms with E-state index >= 15 is 0 Å². The Morgan fingerprint density at radius 1 is 1.22 bits per heavy atom. The highest BCUT2D eigenvalue weighted by atomic mass is 35.7. The smallest absolute Gasteiger partial charge is 0.174 e. The lowest BCUT2D eigenvalue weighted by Crippen LogP contribution is -2.19. The Kier molecular flexibility index (Phi) is 3.16. The lowest BCUT2D eigenvalue weighted by molar-refractivity contribution is 0.490. The van der Waals surface area contributed by atoms with Gasteiger partial charge in [-0.15, -0.1) is 0 Å². The van der Waals surface area contributed by atoms with Crippen molar-refractivity contribution >= 4 is 21.1 Å². The van der Waals surface area contributed by atoms with E-state index in [1.54, 1.807) is 0 Å². The highest BCUT2D eigenvalue weighted by Gasteiger charge is 2.23. The van der Waals surface area contributed by atoms with Gasteiger partial charge in [-0.3, -0.25) is 0 Å². The van der Waals surface area contributed by atoms with E-state index < -0.39 is 10.4 Å². The molecule has 9 heavy (non-hydrogen) atoms. The molecule has 0 aromatic carbocycles. The van der Waals surface area contributed by atoms with Crippen molar-refractivity contribution in [3.8, 4) is 0 Å². The first-order valence-electron chi connectivity index (χ1n) is 3.37. The third kappa shape index (κ3) is 2.36. The van der Waals surface area contributed by atoms with Gasteiger partial charge in [-0.1, -0.05) is 6.42 Å². The zero-order valence-corrected chi connectivity index (χ0v) is 6.88. The quantitative estimate of drug-likeness (QED) is 0.548. The Bertz CT molecular complexity index is 81.1. The summed E-state index contributed by atoms with van der Waals surface area (Å²) in [6.45, 7) is 0. The van der Waals surface area contributed by atoms with Gasteiger partial charge in [-0.2, -0.15) is 0 Å². The van der Waals surface area contributed by atoms with E-state index in [9.17, 15) is 4.55 Å². The summed E-state index contributed by atoms with van der Waals surface area (Å²) in [5.74, 6) is 0. The molecule has 0 spiro atoms. The van der Waals surface area contributed by atoms with Crippen LogP contribution in [0.1, 0.15) is 32.1 Å². The van der Waals surface area contributed by atoms with Gasteiger partial charge < -0.3 is 4.55 Å². The average Bonchev–Trinajstić information content (AvgIpc) is 1.90. The van der Waals surface area contributed by atoms with E-state index in [1.165, 1.54) is 19.3 Å². The second kappa shape index (κ2) is 3.69. The Morgan fingerprint density at radius 2 is 1.78 bits per heavy atom. The fraction of sp³-hybridized carbons (Fsp3) is 1.00. The number of halogens is 1. The summed E-state index contributed by atoms with van der Waals surface area (Å²) in [4.78, 5) is 0. The molecular formula is C6H11ClOS. The molecule has 0 N–H and O–H groups in total. The molecular weight excluding hydrogens is 156 g/mol. The van der Waals surface area contributed by atoms with Crippen molar-refractivity contribution in [3.63, 3.8) is 0 Å². The molecule has 1 fully saturated rings. The molecule has 1 saturated carbocycles. The Balaban J connectivity index is 2.23. The van der Waals surface area contributed by atoms with Crippen molar-refractivity contribution < 1.29 is 4.55 Å². The van der Waals surface area contributed by atoms with Gasteiger partial charge in [0.15, 0.2) is 10.7 Å². The standard InChI is InChI=1S/C6H11ClOS/c7-9(8)6-4-2-1-3-5-6/h6H,1-5H2. The molecule has 0 heterocycles. The maximum atomic E-state index is 10.7. The van der Waals surface area contributed by atoms with E-state index in [0.717, 1.165) is 12.8 Å². The van der Waals surface area contributed by atoms with Crippen molar-refractivity contribution in [3.05, 3.63) is 0 Å². The SMILES string of the molecule is [O-][S+](Cl)C1CCCCC1. The van der Waals surface area contributed by atoms with Crippen LogP contribution in [-0.4, -0.2) is 9.80 Å². The minimum absolute atomic E-state index is 0.292. The minimum Gasteiger partial charge on any atom is -0.599 e. The van der Waals surface area contributed by atoms with Gasteiger partial charge in [0, 0.05) is 0 Å². The lowest BCUT2D eigenvalue weighted by atomic mass is 10.0. The summed E-state index contributed by atoms with van der Waals surface area (Å²) in [5, 5.41) is 0.292. The van der Waals surface area contributed by atoms with Gasteiger partial charge >= 0.3 is 0 Å². The first-order chi connectivity index (χ1) is 4.30. The number of hydrogen-bond acceptors (Lipinski definition) is 1. The number of rotatable bonds is 1. The predicted octanol–water partition coefficient (Wildman–Crippen LogP) is 2.22. The second-order valence-corrected chi connectivity index (χ2v) is 4.58. The van der Waals surface area contributed by atoms with Crippen LogP contribution in [0.25, 0.3) is 0 Å². The second-order valence-electron chi connectivity index (χ2n) is 2.51. The Labute approximate surface area is 63.5 Å². The Hall–Kier alpha value is 0.600. The van der Waals surface area contributed by atoms with Crippen LogP contribution in [0.4, 0.5) is 0 Å². The van der Waals surface area contributed by atoms with Crippen molar-refractivity contribution in [2.24, 2.45) is 0 Å². The summed E-state index contributed by atoms with van der Waals surface area (Å²) in [7, 11) is 4.35. The molecule has 1 atom stereocenters. The summed E-state index contributed by atoms with van der Waals surface area (Å²) in [6.07, 6.45) is 5.85. The van der Waals surface area contributed by atoms with Gasteiger partial charge in [-0.05, 0) is 25.7 Å². The van der Waals surface area contributed by atoms with Crippen LogP contribution in [0.5, 0.6) is 0 Å². The van der Waals surface area contributed by atoms with Gasteiger partial charge in [-0.25, -0.2) is 0 Å². The lowest BCUT2D eigenvalue weighted by Gasteiger charge is -2.18. The maximum absolute atomic E-state index is 10.7. The van der Waals surface area contributed by atoms with Crippen LogP contribution in [0.3, 0.4) is 0 Å². The summed E-state index contributed by atoms with van der Waals surface area (Å²) in [6, 6.07) is 0. The monoisotopic (exact) mass is 166 g/mol. The largest absolute Gasteiger partial charge is 0.599 e. The molecule has 0 aliphatic heterocycles. The minimum atomic E-state index is -1.08. The molecule has 0 radical (unpaired) electrons. The van der Waals surface area contributed by atoms with E-state index in [2.05, 4.69) is 0 Å².